The second kappa shape index (κ2) is 10.3. The number of amides is 3. The van der Waals surface area contributed by atoms with Gasteiger partial charge in [0.15, 0.2) is 0 Å². The number of rotatable bonds is 4. The Balaban J connectivity index is 1.46. The standard InChI is InChI=1S/C27H34BrN3O2S/c1-18(2)22-6-5-7-23(19(3)4)24(22)29-26(33)30-14-12-27(13-15-30)31(16-17-34-27)25(32)20-8-10-21(28)11-9-20/h5-11,18-19H,12-17H2,1-4H3,(H,29,33). The lowest BCUT2D eigenvalue weighted by Gasteiger charge is -2.44. The summed E-state index contributed by atoms with van der Waals surface area (Å²) in [6.07, 6.45) is 1.58. The average molecular weight is 545 g/mol. The van der Waals surface area contributed by atoms with Gasteiger partial charge in [-0.1, -0.05) is 61.8 Å². The summed E-state index contributed by atoms with van der Waals surface area (Å²) in [7, 11) is 0. The number of hydrogen-bond donors (Lipinski definition) is 1. The molecule has 0 saturated carbocycles. The number of nitrogens with one attached hydrogen (secondary N) is 1. The minimum absolute atomic E-state index is 0.0429. The van der Waals surface area contributed by atoms with Gasteiger partial charge in [-0.3, -0.25) is 4.79 Å². The molecule has 182 valence electrons. The highest BCUT2D eigenvalue weighted by molar-refractivity contribution is 9.10. The van der Waals surface area contributed by atoms with Gasteiger partial charge in [-0.25, -0.2) is 4.79 Å². The SMILES string of the molecule is CC(C)c1cccc(C(C)C)c1NC(=O)N1CCC2(CC1)SCCN2C(=O)c1ccc(Br)cc1. The van der Waals surface area contributed by atoms with E-state index in [0.717, 1.165) is 40.9 Å². The first-order chi connectivity index (χ1) is 16.2. The number of carbonyl (C=O) groups is 2. The molecular formula is C27H34BrN3O2S. The second-order valence-electron chi connectivity index (χ2n) is 9.80. The van der Waals surface area contributed by atoms with Crippen LogP contribution in [0.1, 0.15) is 73.9 Å². The Labute approximate surface area is 215 Å². The van der Waals surface area contributed by atoms with E-state index in [1.807, 2.05) is 45.8 Å². The highest BCUT2D eigenvalue weighted by Gasteiger charge is 2.47. The number of benzene rings is 2. The number of para-hydroxylation sites is 1. The summed E-state index contributed by atoms with van der Waals surface area (Å²) < 4.78 is 0.966. The van der Waals surface area contributed by atoms with Crippen molar-refractivity contribution >= 4 is 45.3 Å². The zero-order valence-electron chi connectivity index (χ0n) is 20.4. The van der Waals surface area contributed by atoms with Gasteiger partial charge < -0.3 is 15.1 Å². The van der Waals surface area contributed by atoms with Crippen molar-refractivity contribution in [3.05, 3.63) is 63.6 Å². The minimum Gasteiger partial charge on any atom is -0.324 e. The fourth-order valence-electron chi connectivity index (χ4n) is 5.00. The van der Waals surface area contributed by atoms with Crippen LogP contribution in [0.25, 0.3) is 0 Å². The third kappa shape index (κ3) is 5.01. The van der Waals surface area contributed by atoms with Gasteiger partial charge in [0.25, 0.3) is 5.91 Å². The topological polar surface area (TPSA) is 52.7 Å². The number of halogens is 1. The maximum absolute atomic E-state index is 13.3. The maximum Gasteiger partial charge on any atom is 0.321 e. The summed E-state index contributed by atoms with van der Waals surface area (Å²) in [6, 6.07) is 13.8. The molecule has 0 atom stereocenters. The normalized spacial score (nSPS) is 17.6. The minimum atomic E-state index is -0.222. The van der Waals surface area contributed by atoms with Crippen molar-refractivity contribution in [3.63, 3.8) is 0 Å². The van der Waals surface area contributed by atoms with E-state index in [1.165, 1.54) is 11.1 Å². The molecule has 2 saturated heterocycles. The third-order valence-corrected chi connectivity index (χ3v) is 9.03. The summed E-state index contributed by atoms with van der Waals surface area (Å²) >= 11 is 5.31. The molecule has 2 fully saturated rings. The van der Waals surface area contributed by atoms with Crippen LogP contribution in [-0.4, -0.2) is 52.0 Å². The molecule has 0 aromatic heterocycles. The number of carbonyl (C=O) groups excluding carboxylic acids is 2. The van der Waals surface area contributed by atoms with Crippen LogP contribution in [0.4, 0.5) is 10.5 Å². The Morgan fingerprint density at radius 2 is 1.53 bits per heavy atom. The van der Waals surface area contributed by atoms with Gasteiger partial charge in [-0.2, -0.15) is 0 Å². The van der Waals surface area contributed by atoms with Crippen molar-refractivity contribution in [2.45, 2.75) is 57.2 Å². The van der Waals surface area contributed by atoms with Crippen LogP contribution < -0.4 is 5.32 Å². The van der Waals surface area contributed by atoms with Crippen LogP contribution in [0.3, 0.4) is 0 Å². The largest absolute Gasteiger partial charge is 0.324 e. The average Bonchev–Trinajstić information content (AvgIpc) is 3.22. The van der Waals surface area contributed by atoms with E-state index in [9.17, 15) is 9.59 Å². The van der Waals surface area contributed by atoms with E-state index < -0.39 is 0 Å². The highest BCUT2D eigenvalue weighted by atomic mass is 79.9. The first kappa shape index (κ1) is 25.1. The smallest absolute Gasteiger partial charge is 0.321 e. The number of anilines is 1. The van der Waals surface area contributed by atoms with Crippen LogP contribution in [0.5, 0.6) is 0 Å². The molecule has 0 unspecified atom stereocenters. The number of urea groups is 1. The van der Waals surface area contributed by atoms with Crippen LogP contribution in [0.15, 0.2) is 46.9 Å². The van der Waals surface area contributed by atoms with Gasteiger partial charge in [-0.05, 0) is 60.1 Å². The Morgan fingerprint density at radius 3 is 2.09 bits per heavy atom. The third-order valence-electron chi connectivity index (χ3n) is 6.95. The fourth-order valence-corrected chi connectivity index (χ4v) is 6.72. The van der Waals surface area contributed by atoms with Crippen LogP contribution in [0.2, 0.25) is 0 Å². The number of likely N-dealkylation sites (tertiary alicyclic amines) is 1. The molecule has 2 aromatic rings. The number of hydrogen-bond acceptors (Lipinski definition) is 3. The van der Waals surface area contributed by atoms with E-state index in [0.29, 0.717) is 24.9 Å². The van der Waals surface area contributed by atoms with Gasteiger partial charge in [0.2, 0.25) is 0 Å². The van der Waals surface area contributed by atoms with E-state index in [1.54, 1.807) is 0 Å². The molecule has 0 aliphatic carbocycles. The number of nitrogens with zero attached hydrogens (tertiary/aromatic N) is 2. The monoisotopic (exact) mass is 543 g/mol. The second-order valence-corrected chi connectivity index (χ2v) is 12.2. The van der Waals surface area contributed by atoms with Crippen molar-refractivity contribution in [1.82, 2.24) is 9.80 Å². The van der Waals surface area contributed by atoms with Crippen LogP contribution >= 0.6 is 27.7 Å². The summed E-state index contributed by atoms with van der Waals surface area (Å²) in [5, 5.41) is 3.25. The predicted molar refractivity (Wildman–Crippen MR) is 145 cm³/mol. The molecule has 2 aliphatic rings. The molecule has 4 rings (SSSR count). The summed E-state index contributed by atoms with van der Waals surface area (Å²) in [5.74, 6) is 1.68. The molecule has 1 N–H and O–H groups in total. The van der Waals surface area contributed by atoms with Crippen LogP contribution in [-0.2, 0) is 0 Å². The summed E-state index contributed by atoms with van der Waals surface area (Å²) in [5.41, 5.74) is 4.02. The van der Waals surface area contributed by atoms with Gasteiger partial charge in [0, 0.05) is 41.1 Å². The molecule has 1 spiro atoms. The fraction of sp³-hybridized carbons (Fsp3) is 0.481. The molecule has 2 aromatic carbocycles. The Bertz CT molecular complexity index is 1020. The molecule has 7 heteroatoms. The molecule has 34 heavy (non-hydrogen) atoms. The molecule has 0 bridgehead atoms. The molecule has 5 nitrogen and oxygen atoms in total. The maximum atomic E-state index is 13.3. The lowest BCUT2D eigenvalue weighted by molar-refractivity contribution is 0.0585. The highest BCUT2D eigenvalue weighted by Crippen LogP contribution is 2.45. The van der Waals surface area contributed by atoms with E-state index >= 15 is 0 Å². The van der Waals surface area contributed by atoms with Gasteiger partial charge >= 0.3 is 6.03 Å². The van der Waals surface area contributed by atoms with Crippen molar-refractivity contribution in [3.8, 4) is 0 Å². The van der Waals surface area contributed by atoms with E-state index in [4.69, 9.17) is 0 Å². The summed E-state index contributed by atoms with van der Waals surface area (Å²) in [4.78, 5) is 30.3. The van der Waals surface area contributed by atoms with E-state index in [-0.39, 0.29) is 16.8 Å². The molecule has 3 amide bonds. The van der Waals surface area contributed by atoms with Crippen molar-refractivity contribution in [2.75, 3.05) is 30.7 Å². The summed E-state index contributed by atoms with van der Waals surface area (Å²) in [6.45, 7) is 10.7. The Kier molecular flexibility index (Phi) is 7.63. The first-order valence-electron chi connectivity index (χ1n) is 12.1. The van der Waals surface area contributed by atoms with E-state index in [2.05, 4.69) is 67.1 Å². The molecule has 0 radical (unpaired) electrons. The number of thioether (sulfide) groups is 1. The van der Waals surface area contributed by atoms with Crippen molar-refractivity contribution < 1.29 is 9.59 Å². The lowest BCUT2D eigenvalue weighted by Crippen LogP contribution is -2.54. The zero-order valence-corrected chi connectivity index (χ0v) is 22.8. The molecule has 2 heterocycles. The van der Waals surface area contributed by atoms with Gasteiger partial charge in [-0.15, -0.1) is 11.8 Å². The van der Waals surface area contributed by atoms with Gasteiger partial charge in [0.05, 0.1) is 4.87 Å². The quantitative estimate of drug-likeness (QED) is 0.455. The Hall–Kier alpha value is -1.99. The Morgan fingerprint density at radius 1 is 0.941 bits per heavy atom. The lowest BCUT2D eigenvalue weighted by atomic mass is 9.92. The number of piperidine rings is 1. The first-order valence-corrected chi connectivity index (χ1v) is 13.9. The molecule has 2 aliphatic heterocycles. The molecular weight excluding hydrogens is 510 g/mol. The van der Waals surface area contributed by atoms with Crippen LogP contribution in [0, 0.1) is 0 Å². The van der Waals surface area contributed by atoms with Gasteiger partial charge in [0.1, 0.15) is 0 Å². The predicted octanol–water partition coefficient (Wildman–Crippen LogP) is 6.91. The zero-order chi connectivity index (χ0) is 24.5. The van der Waals surface area contributed by atoms with Crippen molar-refractivity contribution in [1.29, 1.82) is 0 Å². The van der Waals surface area contributed by atoms with Crippen molar-refractivity contribution in [2.24, 2.45) is 0 Å².